The van der Waals surface area contributed by atoms with E-state index >= 15 is 0 Å². The lowest BCUT2D eigenvalue weighted by atomic mass is 9.86. The Morgan fingerprint density at radius 1 is 1.50 bits per heavy atom. The van der Waals surface area contributed by atoms with Crippen molar-refractivity contribution in [1.82, 2.24) is 15.0 Å². The number of aryl methyl sites for hydroxylation is 1. The summed E-state index contributed by atoms with van der Waals surface area (Å²) in [5.74, 6) is 0. The molecule has 0 aliphatic carbocycles. The Bertz CT molecular complexity index is 570. The second-order valence-corrected chi connectivity index (χ2v) is 4.70. The molecular weight excluding hydrogens is 205 g/mol. The topological polar surface area (TPSA) is 49.2 Å². The number of hydrogen-bond donors (Lipinski definition) is 0. The molecule has 0 aromatic carbocycles. The van der Waals surface area contributed by atoms with Crippen molar-refractivity contribution in [2.75, 3.05) is 0 Å². The largest absolute Gasteiger partial charge is 0.518 e. The third-order valence-corrected chi connectivity index (χ3v) is 3.04. The molecule has 1 aliphatic heterocycles. The quantitative estimate of drug-likeness (QED) is 0.696. The van der Waals surface area contributed by atoms with E-state index in [-0.39, 0.29) is 5.59 Å². The molecule has 16 heavy (non-hydrogen) atoms. The van der Waals surface area contributed by atoms with Gasteiger partial charge in [-0.3, -0.25) is 4.68 Å². The molecule has 2 rings (SSSR count). The monoisotopic (exact) mass is 229 g/mol. The molecule has 2 heterocycles. The highest BCUT2D eigenvalue weighted by molar-refractivity contribution is 6.61. The molecule has 1 saturated heterocycles. The summed E-state index contributed by atoms with van der Waals surface area (Å²) in [6.07, 6.45) is -0.486. The van der Waals surface area contributed by atoms with Gasteiger partial charge in [-0.05, 0) is 34.5 Å². The van der Waals surface area contributed by atoms with Gasteiger partial charge in [-0.1, -0.05) is 5.21 Å². The smallest absolute Gasteiger partial charge is 0.398 e. The van der Waals surface area contributed by atoms with Gasteiger partial charge in [-0.2, -0.15) is 0 Å². The number of rotatable bonds is 2. The summed E-state index contributed by atoms with van der Waals surface area (Å²) in [5.41, 5.74) is -1.36. The lowest BCUT2D eigenvalue weighted by Gasteiger charge is -2.32. The molecule has 0 bridgehead atoms. The summed E-state index contributed by atoms with van der Waals surface area (Å²) in [5, 5.41) is 7.17. The minimum absolute atomic E-state index is 0.0493. The highest BCUT2D eigenvalue weighted by atomic mass is 16.7. The maximum absolute atomic E-state index is 7.97. The van der Waals surface area contributed by atoms with Gasteiger partial charge in [-0.15, -0.1) is 5.10 Å². The zero-order valence-corrected chi connectivity index (χ0v) is 9.74. The van der Waals surface area contributed by atoms with Crippen LogP contribution in [0.2, 0.25) is 0 Å². The summed E-state index contributed by atoms with van der Waals surface area (Å²) >= 11 is 0. The SMILES string of the molecule is [2H]c1c(B2OC(C)(C)C(C)(C)O2)nnn1C([2H])([2H])C([2H])([2H])[2H]. The second kappa shape index (κ2) is 3.57. The second-order valence-electron chi connectivity index (χ2n) is 4.70. The highest BCUT2D eigenvalue weighted by Gasteiger charge is 2.52. The number of nitrogens with zero attached hydrogens (tertiary/aromatic N) is 3. The van der Waals surface area contributed by atoms with Crippen molar-refractivity contribution in [3.63, 3.8) is 0 Å². The molecule has 6 heteroatoms. The molecule has 0 amide bonds. The van der Waals surface area contributed by atoms with E-state index in [1.165, 1.54) is 0 Å². The lowest BCUT2D eigenvalue weighted by Crippen LogP contribution is -2.41. The van der Waals surface area contributed by atoms with Gasteiger partial charge in [0.2, 0.25) is 0 Å². The van der Waals surface area contributed by atoms with Crippen molar-refractivity contribution < 1.29 is 17.5 Å². The predicted molar refractivity (Wildman–Crippen MR) is 61.4 cm³/mol. The van der Waals surface area contributed by atoms with Crippen LogP contribution in [-0.2, 0) is 15.8 Å². The normalized spacial score (nSPS) is 29.9. The average Bonchev–Trinajstić information content (AvgIpc) is 2.76. The lowest BCUT2D eigenvalue weighted by molar-refractivity contribution is 0.00578. The molecule has 88 valence electrons. The van der Waals surface area contributed by atoms with E-state index in [9.17, 15) is 0 Å². The minimum atomic E-state index is -2.98. The summed E-state index contributed by atoms with van der Waals surface area (Å²) in [6.45, 7) is 1.46. The van der Waals surface area contributed by atoms with Crippen molar-refractivity contribution >= 4 is 12.7 Å². The maximum atomic E-state index is 7.97. The van der Waals surface area contributed by atoms with E-state index in [0.29, 0.717) is 4.68 Å². The van der Waals surface area contributed by atoms with Gasteiger partial charge in [0.05, 0.1) is 15.3 Å². The van der Waals surface area contributed by atoms with Crippen LogP contribution in [0.15, 0.2) is 6.17 Å². The number of hydrogen-bond acceptors (Lipinski definition) is 4. The fourth-order valence-electron chi connectivity index (χ4n) is 1.35. The molecule has 1 aromatic rings. The van der Waals surface area contributed by atoms with Gasteiger partial charge < -0.3 is 9.31 Å². The van der Waals surface area contributed by atoms with E-state index in [2.05, 4.69) is 10.3 Å². The first-order valence-corrected chi connectivity index (χ1v) is 4.99. The van der Waals surface area contributed by atoms with E-state index < -0.39 is 37.8 Å². The van der Waals surface area contributed by atoms with Crippen molar-refractivity contribution in [2.24, 2.45) is 0 Å². The summed E-state index contributed by atoms with van der Waals surface area (Å²) in [4.78, 5) is 0. The van der Waals surface area contributed by atoms with E-state index in [1.54, 1.807) is 0 Å². The molecule has 1 fully saturated rings. The standard InChI is InChI=1S/C10H18BN3O2/c1-6-14-7-8(12-13-14)11-15-9(2,3)10(4,5)16-11/h7H,6H2,1-5H3/i1D3,6D2,7D. The Balaban J connectivity index is 2.39. The van der Waals surface area contributed by atoms with Crippen LogP contribution in [0.1, 0.15) is 42.8 Å². The Kier molecular flexibility index (Phi) is 1.37. The molecule has 0 N–H and O–H groups in total. The molecular formula is C10H18BN3O2. The van der Waals surface area contributed by atoms with Crippen LogP contribution in [-0.4, -0.2) is 33.3 Å². The van der Waals surface area contributed by atoms with Crippen LogP contribution in [0.25, 0.3) is 0 Å². The third kappa shape index (κ3) is 1.76. The molecule has 0 saturated carbocycles. The minimum Gasteiger partial charge on any atom is -0.398 e. The highest BCUT2D eigenvalue weighted by Crippen LogP contribution is 2.36. The predicted octanol–water partition coefficient (Wildman–Crippen LogP) is 0.597. The first kappa shape index (κ1) is 6.16. The van der Waals surface area contributed by atoms with Crippen molar-refractivity contribution in [3.8, 4) is 0 Å². The Morgan fingerprint density at radius 3 is 2.69 bits per heavy atom. The van der Waals surface area contributed by atoms with Crippen LogP contribution < -0.4 is 5.59 Å². The van der Waals surface area contributed by atoms with E-state index in [4.69, 9.17) is 17.5 Å². The van der Waals surface area contributed by atoms with Gasteiger partial charge in [0, 0.05) is 16.8 Å². The molecule has 1 aliphatic rings. The Hall–Kier alpha value is -0.875. The van der Waals surface area contributed by atoms with Gasteiger partial charge >= 0.3 is 7.12 Å². The van der Waals surface area contributed by atoms with Crippen LogP contribution in [0.3, 0.4) is 0 Å². The van der Waals surface area contributed by atoms with Crippen molar-refractivity contribution in [2.45, 2.75) is 52.2 Å². The van der Waals surface area contributed by atoms with Gasteiger partial charge in [0.15, 0.2) is 0 Å². The van der Waals surface area contributed by atoms with Crippen molar-refractivity contribution in [3.05, 3.63) is 6.17 Å². The van der Waals surface area contributed by atoms with Gasteiger partial charge in [0.25, 0.3) is 0 Å². The molecule has 1 aromatic heterocycles. The molecule has 0 atom stereocenters. The molecule has 0 unspecified atom stereocenters. The van der Waals surface area contributed by atoms with Gasteiger partial charge in [0.1, 0.15) is 5.59 Å². The van der Waals surface area contributed by atoms with Crippen LogP contribution in [0.4, 0.5) is 0 Å². The Labute approximate surface area is 105 Å². The van der Waals surface area contributed by atoms with Crippen molar-refractivity contribution in [1.29, 1.82) is 0 Å². The summed E-state index contributed by atoms with van der Waals surface area (Å²) < 4.78 is 56.9. The molecule has 0 spiro atoms. The third-order valence-electron chi connectivity index (χ3n) is 3.04. The van der Waals surface area contributed by atoms with Crippen LogP contribution in [0.5, 0.6) is 0 Å². The van der Waals surface area contributed by atoms with Crippen LogP contribution in [0, 0.1) is 0 Å². The number of aromatic nitrogens is 3. The fraction of sp³-hybridized carbons (Fsp3) is 0.800. The van der Waals surface area contributed by atoms with E-state index in [1.807, 2.05) is 27.7 Å². The zero-order chi connectivity index (χ0) is 17.1. The fourth-order valence-corrected chi connectivity index (χ4v) is 1.35. The average molecular weight is 229 g/mol. The first-order valence-electron chi connectivity index (χ1n) is 7.99. The molecule has 0 radical (unpaired) electrons. The summed E-state index contributed by atoms with van der Waals surface area (Å²) in [6, 6.07) is 0. The zero-order valence-electron chi connectivity index (χ0n) is 15.7. The van der Waals surface area contributed by atoms with Crippen LogP contribution >= 0.6 is 0 Å². The first-order chi connectivity index (χ1) is 9.71. The summed E-state index contributed by atoms with van der Waals surface area (Å²) in [7, 11) is -1.00. The van der Waals surface area contributed by atoms with Gasteiger partial charge in [-0.25, -0.2) is 0 Å². The molecule has 5 nitrogen and oxygen atoms in total. The Morgan fingerprint density at radius 2 is 2.12 bits per heavy atom. The van der Waals surface area contributed by atoms with E-state index in [0.717, 1.165) is 0 Å². The maximum Gasteiger partial charge on any atom is 0.518 e.